The average molecular weight is 806 g/mol. The fourth-order valence-corrected chi connectivity index (χ4v) is 10.0. The fraction of sp³-hybridized carbons (Fsp3) is 0.476. The molecule has 2 aliphatic carbocycles. The summed E-state index contributed by atoms with van der Waals surface area (Å²) in [5, 5.41) is 23.5. The number of carbonyl (C=O) groups excluding carboxylic acids is 5. The van der Waals surface area contributed by atoms with Crippen LogP contribution in [-0.2, 0) is 9.59 Å². The van der Waals surface area contributed by atoms with Gasteiger partial charge in [-0.3, -0.25) is 39.1 Å². The first-order valence-corrected chi connectivity index (χ1v) is 20.6. The first-order valence-electron chi connectivity index (χ1n) is 20.2. The van der Waals surface area contributed by atoms with Gasteiger partial charge in [0.25, 0.3) is 17.7 Å². The Hall–Kier alpha value is -5.59. The first kappa shape index (κ1) is 38.0. The van der Waals surface area contributed by atoms with E-state index in [4.69, 9.17) is 21.6 Å². The normalized spacial score (nSPS) is 27.3. The zero-order valence-corrected chi connectivity index (χ0v) is 32.7. The number of carbonyl (C=O) groups is 5. The standard InChI is InChI=1S/C42H44ClN9O6/c43-34-20-31(5-1-24(34)21-44)58-30-6-2-27(3-7-30)45-39(54)35-9-11-37(48-47-35)50-15-13-49(14-16-50)29-17-25-22-51(23-26(25)18-29)28-4-8-32-33(19-28)42(57)52(41(32)56)36-10-12-38(53)46-40(36)55/h1,4-5,8-9,11,19-20,25-27,29-30,36H,2-3,6-7,10,12-18,22-23H2,(H,45,54)(H,46,53,55)/t25-,26?,27-,29-,30+,36?/m1/s1. The summed E-state index contributed by atoms with van der Waals surface area (Å²) in [6.07, 6.45) is 5.61. The molecule has 300 valence electrons. The highest BCUT2D eigenvalue weighted by Crippen LogP contribution is 2.43. The molecule has 16 heteroatoms. The second kappa shape index (κ2) is 15.6. The summed E-state index contributed by atoms with van der Waals surface area (Å²) in [5.74, 6) is 0.293. The second-order valence-corrected chi connectivity index (χ2v) is 16.8. The third kappa shape index (κ3) is 7.35. The van der Waals surface area contributed by atoms with Crippen LogP contribution in [0.25, 0.3) is 0 Å². The number of rotatable bonds is 8. The number of piperidine rings is 1. The molecule has 15 nitrogen and oxygen atoms in total. The van der Waals surface area contributed by atoms with Crippen LogP contribution in [0.5, 0.6) is 5.75 Å². The Morgan fingerprint density at radius 2 is 1.59 bits per heavy atom. The van der Waals surface area contributed by atoms with Crippen LogP contribution in [-0.4, -0.2) is 113 Å². The highest BCUT2D eigenvalue weighted by atomic mass is 35.5. The Kier molecular flexibility index (Phi) is 10.2. The summed E-state index contributed by atoms with van der Waals surface area (Å²) >= 11 is 6.15. The molecular weight excluding hydrogens is 762 g/mol. The molecule has 5 heterocycles. The minimum absolute atomic E-state index is 0.0181. The maximum atomic E-state index is 13.4. The molecule has 2 aromatic carbocycles. The molecule has 4 atom stereocenters. The van der Waals surface area contributed by atoms with Gasteiger partial charge < -0.3 is 19.9 Å². The number of ether oxygens (including phenoxy) is 1. The molecule has 3 aromatic rings. The van der Waals surface area contributed by atoms with Gasteiger partial charge in [0.15, 0.2) is 11.5 Å². The molecule has 9 rings (SSSR count). The van der Waals surface area contributed by atoms with Crippen molar-refractivity contribution in [2.75, 3.05) is 49.1 Å². The van der Waals surface area contributed by atoms with Crippen LogP contribution in [0.1, 0.15) is 88.1 Å². The van der Waals surface area contributed by atoms with Gasteiger partial charge in [-0.15, -0.1) is 10.2 Å². The number of nitrogens with zero attached hydrogens (tertiary/aromatic N) is 7. The molecule has 3 saturated heterocycles. The maximum absolute atomic E-state index is 13.4. The van der Waals surface area contributed by atoms with E-state index in [2.05, 4.69) is 41.6 Å². The van der Waals surface area contributed by atoms with Crippen LogP contribution in [0.4, 0.5) is 11.5 Å². The Labute approximate surface area is 340 Å². The lowest BCUT2D eigenvalue weighted by Crippen LogP contribution is -2.54. The van der Waals surface area contributed by atoms with Crippen LogP contribution in [0.3, 0.4) is 0 Å². The number of benzene rings is 2. The van der Waals surface area contributed by atoms with Crippen molar-refractivity contribution in [1.29, 1.82) is 5.26 Å². The van der Waals surface area contributed by atoms with Crippen LogP contribution in [0, 0.1) is 23.2 Å². The van der Waals surface area contributed by atoms with E-state index < -0.39 is 29.7 Å². The lowest BCUT2D eigenvalue weighted by molar-refractivity contribution is -0.136. The van der Waals surface area contributed by atoms with Crippen molar-refractivity contribution >= 4 is 52.6 Å². The molecule has 0 spiro atoms. The van der Waals surface area contributed by atoms with Crippen molar-refractivity contribution in [1.82, 2.24) is 30.6 Å². The Morgan fingerprint density at radius 1 is 0.845 bits per heavy atom. The summed E-state index contributed by atoms with van der Waals surface area (Å²) in [6.45, 7) is 5.28. The largest absolute Gasteiger partial charge is 0.490 e. The lowest BCUT2D eigenvalue weighted by atomic mass is 9.93. The van der Waals surface area contributed by atoms with E-state index in [1.807, 2.05) is 12.1 Å². The third-order valence-electron chi connectivity index (χ3n) is 12.9. The number of amides is 5. The van der Waals surface area contributed by atoms with Gasteiger partial charge in [-0.2, -0.15) is 5.26 Å². The summed E-state index contributed by atoms with van der Waals surface area (Å²) in [5.41, 5.74) is 2.24. The summed E-state index contributed by atoms with van der Waals surface area (Å²) in [4.78, 5) is 71.8. The van der Waals surface area contributed by atoms with Crippen molar-refractivity contribution in [3.8, 4) is 11.8 Å². The number of hydrogen-bond acceptors (Lipinski definition) is 12. The summed E-state index contributed by atoms with van der Waals surface area (Å²) < 4.78 is 6.08. The molecule has 2 unspecified atom stereocenters. The van der Waals surface area contributed by atoms with E-state index >= 15 is 0 Å². The SMILES string of the molecule is N#Cc1ccc(O[C@H]2CC[C@@H](NC(=O)c3ccc(N4CCN([C@H]5CC6CN(c7ccc8c(c7)C(=O)N(C7CCC(=O)NC7=O)C8=O)C[C@H]6C5)CC4)nn3)CC2)cc1Cl. The minimum atomic E-state index is -0.973. The van der Waals surface area contributed by atoms with E-state index in [9.17, 15) is 24.0 Å². The van der Waals surface area contributed by atoms with Gasteiger partial charge >= 0.3 is 0 Å². The van der Waals surface area contributed by atoms with Crippen molar-refractivity contribution in [2.45, 2.75) is 75.6 Å². The maximum Gasteiger partial charge on any atom is 0.272 e. The number of nitrogens with one attached hydrogen (secondary N) is 2. The van der Waals surface area contributed by atoms with Crippen LogP contribution < -0.4 is 25.2 Å². The van der Waals surface area contributed by atoms with Crippen molar-refractivity contribution in [2.24, 2.45) is 11.8 Å². The van der Waals surface area contributed by atoms with E-state index in [0.717, 1.165) is 94.2 Å². The molecule has 2 N–H and O–H groups in total. The van der Waals surface area contributed by atoms with E-state index in [-0.39, 0.29) is 30.9 Å². The summed E-state index contributed by atoms with van der Waals surface area (Å²) in [7, 11) is 0. The van der Waals surface area contributed by atoms with Crippen molar-refractivity contribution < 1.29 is 28.7 Å². The molecule has 4 aliphatic heterocycles. The van der Waals surface area contributed by atoms with Crippen molar-refractivity contribution in [3.63, 3.8) is 0 Å². The van der Waals surface area contributed by atoms with Gasteiger partial charge in [-0.1, -0.05) is 11.6 Å². The number of aromatic nitrogens is 2. The molecule has 0 bridgehead atoms. The Bertz CT molecular complexity index is 2180. The zero-order chi connectivity index (χ0) is 40.1. The Balaban J connectivity index is 0.717. The zero-order valence-electron chi connectivity index (χ0n) is 31.9. The van der Waals surface area contributed by atoms with Crippen LogP contribution >= 0.6 is 11.6 Å². The molecule has 2 saturated carbocycles. The lowest BCUT2D eigenvalue weighted by Gasteiger charge is -2.39. The minimum Gasteiger partial charge on any atom is -0.490 e. The number of piperazine rings is 1. The van der Waals surface area contributed by atoms with E-state index in [0.29, 0.717) is 51.0 Å². The molecule has 5 fully saturated rings. The number of fused-ring (bicyclic) bond motifs is 2. The quantitative estimate of drug-likeness (QED) is 0.317. The van der Waals surface area contributed by atoms with Crippen LogP contribution in [0.2, 0.25) is 5.02 Å². The number of anilines is 2. The highest BCUT2D eigenvalue weighted by Gasteiger charge is 2.46. The number of nitriles is 1. The van der Waals surface area contributed by atoms with Gasteiger partial charge in [-0.05, 0) is 99.2 Å². The van der Waals surface area contributed by atoms with Gasteiger partial charge in [0.05, 0.1) is 27.8 Å². The monoisotopic (exact) mass is 805 g/mol. The van der Waals surface area contributed by atoms with Gasteiger partial charge in [-0.25, -0.2) is 0 Å². The number of imide groups is 2. The van der Waals surface area contributed by atoms with E-state index in [1.165, 1.54) is 0 Å². The topological polar surface area (TPSA) is 181 Å². The molecule has 5 amide bonds. The third-order valence-corrected chi connectivity index (χ3v) is 13.2. The highest BCUT2D eigenvalue weighted by molar-refractivity contribution is 6.31. The predicted octanol–water partition coefficient (Wildman–Crippen LogP) is 3.56. The number of hydrogen-bond donors (Lipinski definition) is 2. The fourth-order valence-electron chi connectivity index (χ4n) is 9.80. The molecule has 1 aromatic heterocycles. The van der Waals surface area contributed by atoms with Crippen molar-refractivity contribution in [3.05, 3.63) is 75.9 Å². The van der Waals surface area contributed by atoms with E-state index in [1.54, 1.807) is 36.4 Å². The van der Waals surface area contributed by atoms with Gasteiger partial charge in [0.1, 0.15) is 17.9 Å². The average Bonchev–Trinajstić information content (AvgIpc) is 3.89. The smallest absolute Gasteiger partial charge is 0.272 e. The number of halogens is 1. The summed E-state index contributed by atoms with van der Waals surface area (Å²) in [6, 6.07) is 15.7. The Morgan fingerprint density at radius 3 is 2.26 bits per heavy atom. The first-order chi connectivity index (χ1) is 28.1. The second-order valence-electron chi connectivity index (χ2n) is 16.3. The molecule has 6 aliphatic rings. The van der Waals surface area contributed by atoms with Crippen LogP contribution in [0.15, 0.2) is 48.5 Å². The molecule has 58 heavy (non-hydrogen) atoms. The molecule has 0 radical (unpaired) electrons. The predicted molar refractivity (Wildman–Crippen MR) is 211 cm³/mol. The van der Waals surface area contributed by atoms with Gasteiger partial charge in [0.2, 0.25) is 11.8 Å². The molecular formula is C42H44ClN9O6. The van der Waals surface area contributed by atoms with Gasteiger partial charge in [0, 0.05) is 69.5 Å².